The molecular formula is C20H18ClFN4O2S. The molecule has 150 valence electrons. The molecule has 0 aliphatic rings. The molecule has 3 rings (SSSR count). The van der Waals surface area contributed by atoms with E-state index in [2.05, 4.69) is 22.1 Å². The predicted octanol–water partition coefficient (Wildman–Crippen LogP) is 4.66. The van der Waals surface area contributed by atoms with Gasteiger partial charge in [0.1, 0.15) is 11.6 Å². The van der Waals surface area contributed by atoms with Gasteiger partial charge in [0, 0.05) is 11.6 Å². The smallest absolute Gasteiger partial charge is 0.234 e. The zero-order valence-corrected chi connectivity index (χ0v) is 17.1. The molecule has 2 aromatic carbocycles. The quantitative estimate of drug-likeness (QED) is 0.414. The fourth-order valence-corrected chi connectivity index (χ4v) is 3.55. The molecule has 1 aromatic heterocycles. The van der Waals surface area contributed by atoms with E-state index >= 15 is 0 Å². The van der Waals surface area contributed by atoms with Crippen LogP contribution in [0.5, 0.6) is 5.75 Å². The molecule has 0 saturated carbocycles. The fourth-order valence-electron chi connectivity index (χ4n) is 2.63. The Kier molecular flexibility index (Phi) is 6.90. The Hall–Kier alpha value is -2.84. The van der Waals surface area contributed by atoms with Crippen molar-refractivity contribution in [2.45, 2.75) is 11.7 Å². The monoisotopic (exact) mass is 432 g/mol. The van der Waals surface area contributed by atoms with Crippen molar-refractivity contribution in [3.8, 4) is 17.1 Å². The Balaban J connectivity index is 1.76. The summed E-state index contributed by atoms with van der Waals surface area (Å²) >= 11 is 7.17. The molecule has 0 fully saturated rings. The number of nitrogens with zero attached hydrogens (tertiary/aromatic N) is 3. The van der Waals surface area contributed by atoms with E-state index in [1.807, 2.05) is 0 Å². The third-order valence-corrected chi connectivity index (χ3v) is 5.11. The van der Waals surface area contributed by atoms with Crippen LogP contribution < -0.4 is 10.1 Å². The third-order valence-electron chi connectivity index (χ3n) is 3.91. The number of rotatable bonds is 8. The molecule has 1 heterocycles. The molecular weight excluding hydrogens is 415 g/mol. The number of ether oxygens (including phenoxy) is 1. The third kappa shape index (κ3) is 4.96. The number of halogens is 2. The SMILES string of the molecule is C=CCn1c(SCC(=O)Nc2cc(Cl)ccc2OC)nnc1-c1ccccc1F. The van der Waals surface area contributed by atoms with Gasteiger partial charge in [-0.1, -0.05) is 41.6 Å². The van der Waals surface area contributed by atoms with Gasteiger partial charge in [0.2, 0.25) is 5.91 Å². The van der Waals surface area contributed by atoms with Gasteiger partial charge in [-0.3, -0.25) is 9.36 Å². The van der Waals surface area contributed by atoms with E-state index in [9.17, 15) is 9.18 Å². The summed E-state index contributed by atoms with van der Waals surface area (Å²) in [6, 6.07) is 11.3. The van der Waals surface area contributed by atoms with Crippen molar-refractivity contribution in [3.63, 3.8) is 0 Å². The van der Waals surface area contributed by atoms with Crippen LogP contribution in [-0.4, -0.2) is 33.5 Å². The minimum absolute atomic E-state index is 0.0716. The highest BCUT2D eigenvalue weighted by Gasteiger charge is 2.17. The van der Waals surface area contributed by atoms with Crippen LogP contribution in [0.4, 0.5) is 10.1 Å². The Morgan fingerprint density at radius 1 is 1.34 bits per heavy atom. The highest BCUT2D eigenvalue weighted by atomic mass is 35.5. The Morgan fingerprint density at radius 2 is 2.14 bits per heavy atom. The molecule has 0 spiro atoms. The lowest BCUT2D eigenvalue weighted by atomic mass is 10.2. The van der Waals surface area contributed by atoms with Crippen molar-refractivity contribution in [3.05, 3.63) is 66.0 Å². The predicted molar refractivity (Wildman–Crippen MR) is 113 cm³/mol. The minimum atomic E-state index is -0.396. The lowest BCUT2D eigenvalue weighted by Crippen LogP contribution is -2.15. The number of hydrogen-bond donors (Lipinski definition) is 1. The van der Waals surface area contributed by atoms with Gasteiger partial charge >= 0.3 is 0 Å². The van der Waals surface area contributed by atoms with Gasteiger partial charge in [0.15, 0.2) is 11.0 Å². The number of benzene rings is 2. The zero-order chi connectivity index (χ0) is 20.8. The second-order valence-electron chi connectivity index (χ2n) is 5.87. The maximum atomic E-state index is 14.2. The van der Waals surface area contributed by atoms with Crippen LogP contribution in [0.1, 0.15) is 0 Å². The van der Waals surface area contributed by atoms with E-state index in [1.54, 1.807) is 47.0 Å². The summed E-state index contributed by atoms with van der Waals surface area (Å²) < 4.78 is 21.1. The van der Waals surface area contributed by atoms with Crippen LogP contribution in [0.15, 0.2) is 60.3 Å². The number of thioether (sulfide) groups is 1. The fraction of sp³-hybridized carbons (Fsp3) is 0.150. The summed E-state index contributed by atoms with van der Waals surface area (Å²) in [4.78, 5) is 12.4. The average Bonchev–Trinajstić information content (AvgIpc) is 3.10. The average molecular weight is 433 g/mol. The number of hydrogen-bond acceptors (Lipinski definition) is 5. The van der Waals surface area contributed by atoms with Crippen molar-refractivity contribution in [1.29, 1.82) is 0 Å². The maximum absolute atomic E-state index is 14.2. The van der Waals surface area contributed by atoms with E-state index in [-0.39, 0.29) is 11.7 Å². The summed E-state index contributed by atoms with van der Waals surface area (Å²) in [5, 5.41) is 11.9. The summed E-state index contributed by atoms with van der Waals surface area (Å²) in [5.74, 6) is 0.290. The van der Waals surface area contributed by atoms with Crippen LogP contribution in [0.3, 0.4) is 0 Å². The number of anilines is 1. The molecule has 9 heteroatoms. The van der Waals surface area contributed by atoms with Crippen LogP contribution in [-0.2, 0) is 11.3 Å². The molecule has 1 N–H and O–H groups in total. The van der Waals surface area contributed by atoms with Crippen molar-refractivity contribution in [2.24, 2.45) is 0 Å². The first kappa shape index (κ1) is 20.9. The lowest BCUT2D eigenvalue weighted by Gasteiger charge is -2.11. The molecule has 0 radical (unpaired) electrons. The number of nitrogens with one attached hydrogen (secondary N) is 1. The van der Waals surface area contributed by atoms with E-state index in [4.69, 9.17) is 16.3 Å². The van der Waals surface area contributed by atoms with Gasteiger partial charge < -0.3 is 10.1 Å². The first-order valence-electron chi connectivity index (χ1n) is 8.58. The van der Waals surface area contributed by atoms with Crippen LogP contribution in [0.2, 0.25) is 5.02 Å². The highest BCUT2D eigenvalue weighted by molar-refractivity contribution is 7.99. The Labute approximate surface area is 176 Å². The second kappa shape index (κ2) is 9.58. The molecule has 0 atom stereocenters. The largest absolute Gasteiger partial charge is 0.495 e. The number of carbonyl (C=O) groups excluding carboxylic acids is 1. The van der Waals surface area contributed by atoms with E-state index in [0.717, 1.165) is 0 Å². The van der Waals surface area contributed by atoms with E-state index in [1.165, 1.54) is 24.9 Å². The zero-order valence-electron chi connectivity index (χ0n) is 15.6. The Morgan fingerprint density at radius 3 is 2.86 bits per heavy atom. The number of carbonyl (C=O) groups is 1. The first-order valence-corrected chi connectivity index (χ1v) is 9.95. The van der Waals surface area contributed by atoms with Gasteiger partial charge in [0.25, 0.3) is 0 Å². The number of methoxy groups -OCH3 is 1. The van der Waals surface area contributed by atoms with Crippen LogP contribution in [0.25, 0.3) is 11.4 Å². The normalized spacial score (nSPS) is 10.6. The van der Waals surface area contributed by atoms with Crippen LogP contribution in [0, 0.1) is 5.82 Å². The van der Waals surface area contributed by atoms with Gasteiger partial charge in [-0.25, -0.2) is 4.39 Å². The topological polar surface area (TPSA) is 69.0 Å². The lowest BCUT2D eigenvalue weighted by molar-refractivity contribution is -0.113. The summed E-state index contributed by atoms with van der Waals surface area (Å²) in [7, 11) is 1.51. The van der Waals surface area contributed by atoms with Gasteiger partial charge in [-0.2, -0.15) is 0 Å². The summed E-state index contributed by atoms with van der Waals surface area (Å²) in [6.45, 7) is 4.10. The standard InChI is InChI=1S/C20H18ClFN4O2S/c1-3-10-26-19(14-6-4-5-7-15(14)22)24-25-20(26)29-12-18(27)23-16-11-13(21)8-9-17(16)28-2/h3-9,11H,1,10,12H2,2H3,(H,23,27). The Bertz CT molecular complexity index is 1040. The van der Waals surface area contributed by atoms with Crippen molar-refractivity contribution in [2.75, 3.05) is 18.2 Å². The first-order chi connectivity index (χ1) is 14.0. The number of amides is 1. The molecule has 1 amide bonds. The van der Waals surface area contributed by atoms with Crippen molar-refractivity contribution < 1.29 is 13.9 Å². The number of aromatic nitrogens is 3. The highest BCUT2D eigenvalue weighted by Crippen LogP contribution is 2.29. The molecule has 0 aliphatic carbocycles. The van der Waals surface area contributed by atoms with Crippen molar-refractivity contribution >= 4 is 35.0 Å². The molecule has 6 nitrogen and oxygen atoms in total. The maximum Gasteiger partial charge on any atom is 0.234 e. The molecule has 3 aromatic rings. The van der Waals surface area contributed by atoms with Crippen molar-refractivity contribution in [1.82, 2.24) is 14.8 Å². The molecule has 0 aliphatic heterocycles. The molecule has 0 unspecified atom stereocenters. The molecule has 29 heavy (non-hydrogen) atoms. The minimum Gasteiger partial charge on any atom is -0.495 e. The van der Waals surface area contributed by atoms with Gasteiger partial charge in [-0.15, -0.1) is 16.8 Å². The van der Waals surface area contributed by atoms with Gasteiger partial charge in [0.05, 0.1) is 24.1 Å². The summed E-state index contributed by atoms with van der Waals surface area (Å²) in [5.41, 5.74) is 0.812. The second-order valence-corrected chi connectivity index (χ2v) is 7.25. The van der Waals surface area contributed by atoms with E-state index < -0.39 is 5.82 Å². The number of allylic oxidation sites excluding steroid dienone is 1. The molecule has 0 saturated heterocycles. The molecule has 0 bridgehead atoms. The van der Waals surface area contributed by atoms with Crippen LogP contribution >= 0.6 is 23.4 Å². The van der Waals surface area contributed by atoms with Gasteiger partial charge in [-0.05, 0) is 30.3 Å². The van der Waals surface area contributed by atoms with E-state index in [0.29, 0.717) is 39.5 Å². The summed E-state index contributed by atoms with van der Waals surface area (Å²) in [6.07, 6.45) is 1.66.